The lowest BCUT2D eigenvalue weighted by molar-refractivity contribution is -0.118. The van der Waals surface area contributed by atoms with E-state index in [1.807, 2.05) is 13.8 Å². The van der Waals surface area contributed by atoms with Crippen molar-refractivity contribution in [2.45, 2.75) is 19.9 Å². The molecule has 0 fully saturated rings. The number of hydrogen-bond acceptors (Lipinski definition) is 2. The number of rotatable bonds is 3. The topological polar surface area (TPSA) is 55.1 Å². The maximum atomic E-state index is 11.7. The van der Waals surface area contributed by atoms with Gasteiger partial charge in [-0.15, -0.1) is 0 Å². The van der Waals surface area contributed by atoms with Gasteiger partial charge in [-0.3, -0.25) is 4.79 Å². The van der Waals surface area contributed by atoms with Gasteiger partial charge in [-0.25, -0.2) is 0 Å². The van der Waals surface area contributed by atoms with Gasteiger partial charge in [-0.05, 0) is 18.1 Å². The molecule has 0 saturated carbocycles. The maximum absolute atomic E-state index is 11.7. The highest BCUT2D eigenvalue weighted by Crippen LogP contribution is 2.29. The van der Waals surface area contributed by atoms with Crippen LogP contribution in [-0.2, 0) is 4.79 Å². The molecule has 16 heavy (non-hydrogen) atoms. The molecule has 5 heteroatoms. The number of benzene rings is 1. The Morgan fingerprint density at radius 3 is 2.25 bits per heavy atom. The van der Waals surface area contributed by atoms with Crippen LogP contribution in [0.15, 0.2) is 18.2 Å². The number of hydrogen-bond donors (Lipinski definition) is 2. The molecule has 88 valence electrons. The first-order chi connectivity index (χ1) is 7.43. The summed E-state index contributed by atoms with van der Waals surface area (Å²) in [5, 5.41) is 3.43. The number of carbonyl (C=O) groups is 1. The van der Waals surface area contributed by atoms with Crippen LogP contribution in [-0.4, -0.2) is 11.9 Å². The van der Waals surface area contributed by atoms with Gasteiger partial charge in [0.1, 0.15) is 0 Å². The molecule has 3 N–H and O–H groups in total. The van der Waals surface area contributed by atoms with Gasteiger partial charge in [0.05, 0.1) is 21.8 Å². The van der Waals surface area contributed by atoms with Crippen molar-refractivity contribution in [3.63, 3.8) is 0 Å². The second-order valence-corrected chi connectivity index (χ2v) is 4.67. The molecule has 1 aromatic carbocycles. The maximum Gasteiger partial charge on any atom is 0.241 e. The van der Waals surface area contributed by atoms with E-state index in [4.69, 9.17) is 28.9 Å². The van der Waals surface area contributed by atoms with Gasteiger partial charge >= 0.3 is 0 Å². The van der Waals surface area contributed by atoms with Crippen LogP contribution in [0, 0.1) is 5.92 Å². The molecule has 0 saturated heterocycles. The number of carbonyl (C=O) groups excluding carboxylic acids is 1. The van der Waals surface area contributed by atoms with E-state index in [1.54, 1.807) is 18.2 Å². The minimum atomic E-state index is -0.577. The van der Waals surface area contributed by atoms with Crippen molar-refractivity contribution >= 4 is 34.8 Å². The van der Waals surface area contributed by atoms with E-state index in [0.29, 0.717) is 15.7 Å². The smallest absolute Gasteiger partial charge is 0.241 e. The first kappa shape index (κ1) is 13.3. The van der Waals surface area contributed by atoms with Crippen LogP contribution in [0.3, 0.4) is 0 Å². The molecule has 0 spiro atoms. The van der Waals surface area contributed by atoms with Gasteiger partial charge in [0, 0.05) is 0 Å². The lowest BCUT2D eigenvalue weighted by atomic mass is 10.0. The number of para-hydroxylation sites is 1. The van der Waals surface area contributed by atoms with E-state index in [1.165, 1.54) is 0 Å². The van der Waals surface area contributed by atoms with E-state index < -0.39 is 6.04 Å². The van der Waals surface area contributed by atoms with Crippen LogP contribution < -0.4 is 11.1 Å². The summed E-state index contributed by atoms with van der Waals surface area (Å²) < 4.78 is 0. The van der Waals surface area contributed by atoms with Crippen molar-refractivity contribution in [3.05, 3.63) is 28.2 Å². The molecule has 0 aliphatic heterocycles. The van der Waals surface area contributed by atoms with Crippen LogP contribution in [0.4, 0.5) is 5.69 Å². The van der Waals surface area contributed by atoms with Crippen molar-refractivity contribution in [1.29, 1.82) is 0 Å². The summed E-state index contributed by atoms with van der Waals surface area (Å²) in [6.45, 7) is 3.75. The van der Waals surface area contributed by atoms with Crippen LogP contribution in [0.2, 0.25) is 10.0 Å². The average molecular weight is 261 g/mol. The Kier molecular flexibility index (Phi) is 4.59. The van der Waals surface area contributed by atoms with Crippen molar-refractivity contribution in [1.82, 2.24) is 0 Å². The first-order valence-electron chi connectivity index (χ1n) is 4.94. The number of amides is 1. The summed E-state index contributed by atoms with van der Waals surface area (Å²) in [6.07, 6.45) is 0. The van der Waals surface area contributed by atoms with E-state index in [2.05, 4.69) is 5.32 Å². The molecule has 0 bridgehead atoms. The highest BCUT2D eigenvalue weighted by molar-refractivity contribution is 6.39. The third-order valence-corrected chi connectivity index (χ3v) is 2.86. The van der Waals surface area contributed by atoms with Gasteiger partial charge in [0.15, 0.2) is 0 Å². The fourth-order valence-corrected chi connectivity index (χ4v) is 1.62. The Balaban J connectivity index is 2.85. The van der Waals surface area contributed by atoms with Gasteiger partial charge in [0.2, 0.25) is 5.91 Å². The standard InChI is InChI=1S/C11H14Cl2N2O/c1-6(2)9(14)11(16)15-10-7(12)4-3-5-8(10)13/h3-6,9H,14H2,1-2H3,(H,15,16). The van der Waals surface area contributed by atoms with E-state index >= 15 is 0 Å². The molecule has 0 heterocycles. The van der Waals surface area contributed by atoms with Gasteiger partial charge in [0.25, 0.3) is 0 Å². The Labute approximate surface area is 105 Å². The predicted molar refractivity (Wildman–Crippen MR) is 67.9 cm³/mol. The Bertz CT molecular complexity index is 373. The molecule has 1 aromatic rings. The molecule has 0 aliphatic rings. The minimum absolute atomic E-state index is 0.0567. The summed E-state index contributed by atoms with van der Waals surface area (Å²) in [6, 6.07) is 4.45. The normalized spacial score (nSPS) is 12.6. The lowest BCUT2D eigenvalue weighted by Gasteiger charge is -2.16. The monoisotopic (exact) mass is 260 g/mol. The zero-order valence-corrected chi connectivity index (χ0v) is 10.6. The molecule has 0 aliphatic carbocycles. The largest absolute Gasteiger partial charge is 0.322 e. The van der Waals surface area contributed by atoms with Gasteiger partial charge in [-0.2, -0.15) is 0 Å². The molecule has 0 radical (unpaired) electrons. The fraction of sp³-hybridized carbons (Fsp3) is 0.364. The minimum Gasteiger partial charge on any atom is -0.322 e. The highest BCUT2D eigenvalue weighted by Gasteiger charge is 2.19. The van der Waals surface area contributed by atoms with Gasteiger partial charge in [-0.1, -0.05) is 43.1 Å². The Morgan fingerprint density at radius 1 is 1.31 bits per heavy atom. The van der Waals surface area contributed by atoms with Gasteiger partial charge < -0.3 is 11.1 Å². The van der Waals surface area contributed by atoms with Crippen molar-refractivity contribution < 1.29 is 4.79 Å². The Hall–Kier alpha value is -0.770. The quantitative estimate of drug-likeness (QED) is 0.878. The van der Waals surface area contributed by atoms with Crippen molar-refractivity contribution in [2.75, 3.05) is 5.32 Å². The van der Waals surface area contributed by atoms with Crippen LogP contribution in [0.25, 0.3) is 0 Å². The fourth-order valence-electron chi connectivity index (χ4n) is 1.13. The van der Waals surface area contributed by atoms with Crippen molar-refractivity contribution in [3.8, 4) is 0 Å². The summed E-state index contributed by atoms with van der Waals surface area (Å²) in [5.74, 6) is -0.230. The molecule has 1 amide bonds. The number of nitrogens with one attached hydrogen (secondary N) is 1. The SMILES string of the molecule is CC(C)C(N)C(=O)Nc1c(Cl)cccc1Cl. The average Bonchev–Trinajstić information content (AvgIpc) is 2.22. The predicted octanol–water partition coefficient (Wildman–Crippen LogP) is 2.92. The molecule has 0 aromatic heterocycles. The molecule has 1 unspecified atom stereocenters. The molecular formula is C11H14Cl2N2O. The summed E-state index contributed by atoms with van der Waals surface area (Å²) in [7, 11) is 0. The number of nitrogens with two attached hydrogens (primary N) is 1. The van der Waals surface area contributed by atoms with E-state index in [0.717, 1.165) is 0 Å². The number of halogens is 2. The summed E-state index contributed by atoms with van der Waals surface area (Å²) in [4.78, 5) is 11.7. The summed E-state index contributed by atoms with van der Waals surface area (Å²) in [5.41, 5.74) is 6.12. The second kappa shape index (κ2) is 5.53. The Morgan fingerprint density at radius 2 is 1.81 bits per heavy atom. The highest BCUT2D eigenvalue weighted by atomic mass is 35.5. The van der Waals surface area contributed by atoms with Crippen LogP contribution in [0.1, 0.15) is 13.8 Å². The molecular weight excluding hydrogens is 247 g/mol. The molecule has 1 rings (SSSR count). The second-order valence-electron chi connectivity index (χ2n) is 3.86. The zero-order chi connectivity index (χ0) is 12.3. The van der Waals surface area contributed by atoms with E-state index in [9.17, 15) is 4.79 Å². The third kappa shape index (κ3) is 3.11. The molecule has 3 nitrogen and oxygen atoms in total. The lowest BCUT2D eigenvalue weighted by Crippen LogP contribution is -2.39. The first-order valence-corrected chi connectivity index (χ1v) is 5.69. The van der Waals surface area contributed by atoms with Crippen LogP contribution >= 0.6 is 23.2 Å². The van der Waals surface area contributed by atoms with Crippen molar-refractivity contribution in [2.24, 2.45) is 11.7 Å². The third-order valence-electron chi connectivity index (χ3n) is 2.23. The summed E-state index contributed by atoms with van der Waals surface area (Å²) >= 11 is 11.8. The van der Waals surface area contributed by atoms with E-state index in [-0.39, 0.29) is 11.8 Å². The van der Waals surface area contributed by atoms with Crippen LogP contribution in [0.5, 0.6) is 0 Å². The number of anilines is 1. The molecule has 1 atom stereocenters. The zero-order valence-electron chi connectivity index (χ0n) is 9.13.